The number of hydrogen-bond acceptors (Lipinski definition) is 0. The van der Waals surface area contributed by atoms with Crippen molar-refractivity contribution in [2.45, 2.75) is 34.6 Å². The molecule has 0 radical (unpaired) electrons. The minimum Gasteiger partial charge on any atom is -0.0616 e. The fraction of sp³-hybridized carbons (Fsp3) is 1.00. The Balaban J connectivity index is 1.93. The molecule has 0 heteroatoms. The van der Waals surface area contributed by atoms with Crippen molar-refractivity contribution in [3.05, 3.63) is 0 Å². The average Bonchev–Trinajstić information content (AvgIpc) is 2.67. The van der Waals surface area contributed by atoms with E-state index in [1.54, 1.807) is 0 Å². The van der Waals surface area contributed by atoms with Crippen LogP contribution in [0.3, 0.4) is 0 Å². The standard InChI is InChI=1S/C11H18/c1-6-7-8-10(5,9(2,3)4)11(6,7)8/h6-8H,1-5H3. The van der Waals surface area contributed by atoms with Crippen LogP contribution in [-0.4, -0.2) is 0 Å². The molecule has 5 atom stereocenters. The predicted octanol–water partition coefficient (Wildman–Crippen LogP) is 2.93. The van der Waals surface area contributed by atoms with E-state index in [2.05, 4.69) is 34.6 Å². The van der Waals surface area contributed by atoms with Crippen LogP contribution in [0.25, 0.3) is 0 Å². The number of fused-ring (bicyclic) bond motifs is 1. The van der Waals surface area contributed by atoms with E-state index in [1.807, 2.05) is 0 Å². The molecule has 3 aliphatic rings. The van der Waals surface area contributed by atoms with Crippen molar-refractivity contribution in [1.29, 1.82) is 0 Å². The lowest BCUT2D eigenvalue weighted by atomic mass is 9.72. The van der Waals surface area contributed by atoms with Crippen LogP contribution in [0.1, 0.15) is 34.6 Å². The molecule has 3 fully saturated rings. The quantitative estimate of drug-likeness (QED) is 0.498. The van der Waals surface area contributed by atoms with Crippen molar-refractivity contribution in [2.75, 3.05) is 0 Å². The molecule has 0 aromatic heterocycles. The van der Waals surface area contributed by atoms with E-state index in [4.69, 9.17) is 0 Å². The molecule has 5 unspecified atom stereocenters. The molecule has 3 rings (SSSR count). The first kappa shape index (κ1) is 6.51. The molecule has 3 saturated carbocycles. The van der Waals surface area contributed by atoms with Gasteiger partial charge in [0.15, 0.2) is 0 Å². The highest BCUT2D eigenvalue weighted by Gasteiger charge is 3.08. The van der Waals surface area contributed by atoms with Gasteiger partial charge in [-0.1, -0.05) is 34.6 Å². The Kier molecular flexibility index (Phi) is 0.657. The van der Waals surface area contributed by atoms with Gasteiger partial charge in [-0.3, -0.25) is 0 Å². The van der Waals surface area contributed by atoms with Crippen LogP contribution >= 0.6 is 0 Å². The van der Waals surface area contributed by atoms with Crippen LogP contribution in [0.15, 0.2) is 0 Å². The molecular formula is C11H18. The zero-order valence-corrected chi connectivity index (χ0v) is 8.23. The summed E-state index contributed by atoms with van der Waals surface area (Å²) in [4.78, 5) is 0. The predicted molar refractivity (Wildman–Crippen MR) is 46.1 cm³/mol. The zero-order valence-electron chi connectivity index (χ0n) is 8.23. The Morgan fingerprint density at radius 2 is 1.73 bits per heavy atom. The maximum atomic E-state index is 2.51. The van der Waals surface area contributed by atoms with E-state index < -0.39 is 0 Å². The van der Waals surface area contributed by atoms with Gasteiger partial charge in [-0.2, -0.15) is 0 Å². The average molecular weight is 150 g/mol. The number of rotatable bonds is 0. The van der Waals surface area contributed by atoms with Crippen LogP contribution in [0.2, 0.25) is 0 Å². The lowest BCUT2D eigenvalue weighted by Crippen LogP contribution is -2.25. The zero-order chi connectivity index (χ0) is 8.23. The van der Waals surface area contributed by atoms with Crippen molar-refractivity contribution < 1.29 is 0 Å². The summed E-state index contributed by atoms with van der Waals surface area (Å²) in [5, 5.41) is 0. The molecule has 0 nitrogen and oxygen atoms in total. The first-order chi connectivity index (χ1) is 4.90. The van der Waals surface area contributed by atoms with E-state index in [1.165, 1.54) is 5.92 Å². The molecule has 0 aliphatic heterocycles. The normalized spacial score (nSPS) is 70.1. The Labute approximate surface area is 69.4 Å². The molecule has 0 aromatic rings. The molecule has 3 aliphatic carbocycles. The van der Waals surface area contributed by atoms with Crippen molar-refractivity contribution in [3.63, 3.8) is 0 Å². The van der Waals surface area contributed by atoms with E-state index in [9.17, 15) is 0 Å². The van der Waals surface area contributed by atoms with Gasteiger partial charge in [-0.15, -0.1) is 0 Å². The summed E-state index contributed by atoms with van der Waals surface area (Å²) in [6.07, 6.45) is 0. The van der Waals surface area contributed by atoms with E-state index >= 15 is 0 Å². The lowest BCUT2D eigenvalue weighted by molar-refractivity contribution is 0.161. The Morgan fingerprint density at radius 1 is 1.18 bits per heavy atom. The summed E-state index contributed by atoms with van der Waals surface area (Å²) in [5.41, 5.74) is 2.16. The summed E-state index contributed by atoms with van der Waals surface area (Å²) in [6, 6.07) is 0. The van der Waals surface area contributed by atoms with Crippen LogP contribution in [0.5, 0.6) is 0 Å². The van der Waals surface area contributed by atoms with Gasteiger partial charge in [-0.25, -0.2) is 0 Å². The van der Waals surface area contributed by atoms with Crippen LogP contribution < -0.4 is 0 Å². The summed E-state index contributed by atoms with van der Waals surface area (Å²) in [6.45, 7) is 12.2. The molecule has 1 spiro atoms. The molecule has 0 saturated heterocycles. The Bertz CT molecular complexity index is 241. The lowest BCUT2D eigenvalue weighted by Gasteiger charge is -2.32. The molecule has 11 heavy (non-hydrogen) atoms. The second kappa shape index (κ2) is 1.11. The third-order valence-corrected chi connectivity index (χ3v) is 5.50. The van der Waals surface area contributed by atoms with Gasteiger partial charge in [0.25, 0.3) is 0 Å². The SMILES string of the molecule is CC1C2C3C12C3(C)C(C)(C)C. The summed E-state index contributed by atoms with van der Waals surface area (Å²) in [7, 11) is 0. The highest BCUT2D eigenvalue weighted by atomic mass is 15.1. The second-order valence-corrected chi connectivity index (χ2v) is 6.18. The highest BCUT2D eigenvalue weighted by molar-refractivity contribution is 5.54. The molecule has 0 amide bonds. The van der Waals surface area contributed by atoms with Gasteiger partial charge >= 0.3 is 0 Å². The highest BCUT2D eigenvalue weighted by Crippen LogP contribution is 3.11. The molecule has 0 aromatic carbocycles. The third kappa shape index (κ3) is 0.331. The minimum absolute atomic E-state index is 0.554. The van der Waals surface area contributed by atoms with Gasteiger partial charge in [0, 0.05) is 0 Å². The second-order valence-electron chi connectivity index (χ2n) is 6.18. The fourth-order valence-corrected chi connectivity index (χ4v) is 4.42. The Hall–Kier alpha value is 0. The number of hydrogen-bond donors (Lipinski definition) is 0. The van der Waals surface area contributed by atoms with Gasteiger partial charge in [0.1, 0.15) is 0 Å². The van der Waals surface area contributed by atoms with E-state index in [-0.39, 0.29) is 0 Å². The fourth-order valence-electron chi connectivity index (χ4n) is 4.42. The van der Waals surface area contributed by atoms with Crippen LogP contribution in [-0.2, 0) is 0 Å². The van der Waals surface area contributed by atoms with E-state index in [0.717, 1.165) is 22.7 Å². The first-order valence-corrected chi connectivity index (χ1v) is 4.90. The first-order valence-electron chi connectivity index (χ1n) is 4.90. The summed E-state index contributed by atoms with van der Waals surface area (Å²) >= 11 is 0. The molecule has 0 heterocycles. The van der Waals surface area contributed by atoms with Gasteiger partial charge in [0.05, 0.1) is 0 Å². The maximum Gasteiger partial charge on any atom is -0.0136 e. The summed E-state index contributed by atoms with van der Waals surface area (Å²) in [5.74, 6) is 3.40. The van der Waals surface area contributed by atoms with Crippen molar-refractivity contribution in [1.82, 2.24) is 0 Å². The van der Waals surface area contributed by atoms with Gasteiger partial charge in [0.2, 0.25) is 0 Å². The van der Waals surface area contributed by atoms with Crippen molar-refractivity contribution in [2.24, 2.45) is 34.0 Å². The molecule has 0 N–H and O–H groups in total. The topological polar surface area (TPSA) is 0 Å². The maximum absolute atomic E-state index is 2.51. The van der Waals surface area contributed by atoms with Crippen molar-refractivity contribution in [3.8, 4) is 0 Å². The third-order valence-electron chi connectivity index (χ3n) is 5.50. The smallest absolute Gasteiger partial charge is 0.0136 e. The van der Waals surface area contributed by atoms with Gasteiger partial charge < -0.3 is 0 Å². The largest absolute Gasteiger partial charge is 0.0616 e. The Morgan fingerprint density at radius 3 is 1.82 bits per heavy atom. The van der Waals surface area contributed by atoms with Crippen LogP contribution in [0.4, 0.5) is 0 Å². The van der Waals surface area contributed by atoms with Gasteiger partial charge in [-0.05, 0) is 34.0 Å². The monoisotopic (exact) mass is 150 g/mol. The molecular weight excluding hydrogens is 132 g/mol. The van der Waals surface area contributed by atoms with Crippen LogP contribution in [0, 0.1) is 34.0 Å². The minimum atomic E-state index is 0.554. The molecule has 0 bridgehead atoms. The van der Waals surface area contributed by atoms with E-state index in [0.29, 0.717) is 5.41 Å². The summed E-state index contributed by atoms with van der Waals surface area (Å²) < 4.78 is 0. The van der Waals surface area contributed by atoms with Crippen molar-refractivity contribution >= 4 is 0 Å². The molecule has 62 valence electrons.